The van der Waals surface area contributed by atoms with Gasteiger partial charge in [0.1, 0.15) is 17.8 Å². The molecular formula is C11H14N4O. The first-order valence-corrected chi connectivity index (χ1v) is 5.28. The molecule has 0 amide bonds. The number of aryl methyl sites for hydroxylation is 1. The summed E-state index contributed by atoms with van der Waals surface area (Å²) < 4.78 is 1.52. The van der Waals surface area contributed by atoms with Gasteiger partial charge in [0, 0.05) is 19.7 Å². The molecule has 84 valence electrons. The van der Waals surface area contributed by atoms with Crippen molar-refractivity contribution in [1.82, 2.24) is 14.5 Å². The third-order valence-corrected chi connectivity index (χ3v) is 2.45. The van der Waals surface area contributed by atoms with E-state index >= 15 is 0 Å². The van der Waals surface area contributed by atoms with E-state index < -0.39 is 0 Å². The van der Waals surface area contributed by atoms with Gasteiger partial charge in [-0.05, 0) is 12.5 Å². The molecule has 16 heavy (non-hydrogen) atoms. The summed E-state index contributed by atoms with van der Waals surface area (Å²) in [6.45, 7) is 2.95. The Morgan fingerprint density at radius 3 is 2.94 bits per heavy atom. The zero-order chi connectivity index (χ0) is 11.5. The van der Waals surface area contributed by atoms with Crippen molar-refractivity contribution in [3.8, 4) is 0 Å². The fourth-order valence-corrected chi connectivity index (χ4v) is 1.56. The van der Waals surface area contributed by atoms with Crippen LogP contribution >= 0.6 is 0 Å². The topological polar surface area (TPSA) is 59.8 Å². The lowest BCUT2D eigenvalue weighted by Crippen LogP contribution is -2.17. The molecule has 0 radical (unpaired) electrons. The van der Waals surface area contributed by atoms with Gasteiger partial charge in [0.2, 0.25) is 0 Å². The smallest absolute Gasteiger partial charge is 0.251 e. The van der Waals surface area contributed by atoms with Gasteiger partial charge in [0.25, 0.3) is 5.56 Å². The number of aromatic nitrogens is 3. The van der Waals surface area contributed by atoms with Crippen LogP contribution in [0.25, 0.3) is 11.0 Å². The Hall–Kier alpha value is -1.91. The van der Waals surface area contributed by atoms with E-state index in [9.17, 15) is 4.79 Å². The van der Waals surface area contributed by atoms with Crippen molar-refractivity contribution >= 4 is 16.9 Å². The monoisotopic (exact) mass is 218 g/mol. The number of hydrogen-bond acceptors (Lipinski definition) is 4. The highest BCUT2D eigenvalue weighted by atomic mass is 16.1. The third-order valence-electron chi connectivity index (χ3n) is 2.45. The van der Waals surface area contributed by atoms with E-state index in [1.807, 2.05) is 0 Å². The fraction of sp³-hybridized carbons (Fsp3) is 0.364. The summed E-state index contributed by atoms with van der Waals surface area (Å²) in [5.41, 5.74) is 0.591. The summed E-state index contributed by atoms with van der Waals surface area (Å²) in [6.07, 6.45) is 2.50. The Labute approximate surface area is 93.2 Å². The van der Waals surface area contributed by atoms with Gasteiger partial charge >= 0.3 is 0 Å². The zero-order valence-electron chi connectivity index (χ0n) is 9.40. The van der Waals surface area contributed by atoms with E-state index in [4.69, 9.17) is 0 Å². The van der Waals surface area contributed by atoms with Crippen molar-refractivity contribution < 1.29 is 0 Å². The van der Waals surface area contributed by atoms with Gasteiger partial charge in [-0.25, -0.2) is 9.97 Å². The van der Waals surface area contributed by atoms with Crippen molar-refractivity contribution in [2.75, 3.05) is 11.9 Å². The minimum absolute atomic E-state index is 0.0624. The number of fused-ring (bicyclic) bond motifs is 1. The van der Waals surface area contributed by atoms with Crippen molar-refractivity contribution in [2.45, 2.75) is 13.3 Å². The summed E-state index contributed by atoms with van der Waals surface area (Å²) in [5, 5.41) is 4.09. The van der Waals surface area contributed by atoms with E-state index in [1.54, 1.807) is 13.1 Å². The number of nitrogens with zero attached hydrogens (tertiary/aromatic N) is 3. The van der Waals surface area contributed by atoms with Crippen molar-refractivity contribution in [3.63, 3.8) is 0 Å². The maximum atomic E-state index is 11.4. The molecule has 0 fully saturated rings. The molecule has 0 aliphatic carbocycles. The number of rotatable bonds is 3. The molecule has 1 N–H and O–H groups in total. The molecule has 2 aromatic heterocycles. The Bertz CT molecular complexity index is 561. The minimum atomic E-state index is -0.0624. The first-order chi connectivity index (χ1) is 7.74. The first kappa shape index (κ1) is 10.6. The zero-order valence-corrected chi connectivity index (χ0v) is 9.40. The van der Waals surface area contributed by atoms with Gasteiger partial charge in [-0.15, -0.1) is 0 Å². The second kappa shape index (κ2) is 4.30. The number of anilines is 1. The molecule has 0 bridgehead atoms. The summed E-state index contributed by atoms with van der Waals surface area (Å²) in [6, 6.07) is 3.29. The van der Waals surface area contributed by atoms with Crippen LogP contribution in [0.1, 0.15) is 13.3 Å². The predicted octanol–water partition coefficient (Wildman–Crippen LogP) is 1.15. The quantitative estimate of drug-likeness (QED) is 0.839. The standard InChI is InChI=1S/C11H14N4O/c1-3-6-12-10-8-4-5-9(16)15(2)11(8)14-7-13-10/h4-5,7H,3,6H2,1-2H3,(H,12,13,14). The molecule has 0 aliphatic rings. The normalized spacial score (nSPS) is 10.6. The Morgan fingerprint density at radius 1 is 1.38 bits per heavy atom. The molecule has 0 atom stereocenters. The summed E-state index contributed by atoms with van der Waals surface area (Å²) in [5.74, 6) is 0.780. The molecule has 0 aromatic carbocycles. The van der Waals surface area contributed by atoms with Crippen LogP contribution in [0.15, 0.2) is 23.3 Å². The molecule has 0 saturated heterocycles. The van der Waals surface area contributed by atoms with Crippen LogP contribution in [0.5, 0.6) is 0 Å². The van der Waals surface area contributed by atoms with E-state index in [2.05, 4.69) is 22.2 Å². The van der Waals surface area contributed by atoms with Gasteiger partial charge in [-0.3, -0.25) is 9.36 Å². The molecule has 5 heteroatoms. The molecule has 2 aromatic rings. The van der Waals surface area contributed by atoms with Crippen molar-refractivity contribution in [3.05, 3.63) is 28.8 Å². The lowest BCUT2D eigenvalue weighted by molar-refractivity contribution is 0.882. The Morgan fingerprint density at radius 2 is 2.19 bits per heavy atom. The minimum Gasteiger partial charge on any atom is -0.369 e. The van der Waals surface area contributed by atoms with Gasteiger partial charge < -0.3 is 5.32 Å². The van der Waals surface area contributed by atoms with Crippen molar-refractivity contribution in [1.29, 1.82) is 0 Å². The van der Waals surface area contributed by atoms with Crippen LogP contribution in [-0.2, 0) is 7.05 Å². The van der Waals surface area contributed by atoms with Crippen LogP contribution < -0.4 is 10.9 Å². The maximum absolute atomic E-state index is 11.4. The molecule has 0 spiro atoms. The summed E-state index contributed by atoms with van der Waals surface area (Å²) in [7, 11) is 1.71. The SMILES string of the molecule is CCCNc1ncnc2c1ccc(=O)n2C. The lowest BCUT2D eigenvalue weighted by Gasteiger charge is -2.08. The number of nitrogens with one attached hydrogen (secondary N) is 1. The predicted molar refractivity (Wildman–Crippen MR) is 63.6 cm³/mol. The molecule has 0 unspecified atom stereocenters. The van der Waals surface area contributed by atoms with Gasteiger partial charge in [0.15, 0.2) is 0 Å². The highest BCUT2D eigenvalue weighted by molar-refractivity contribution is 5.86. The molecule has 0 aliphatic heterocycles. The van der Waals surface area contributed by atoms with Gasteiger partial charge in [-0.1, -0.05) is 6.92 Å². The highest BCUT2D eigenvalue weighted by Gasteiger charge is 2.05. The third kappa shape index (κ3) is 1.76. The number of hydrogen-bond donors (Lipinski definition) is 1. The van der Waals surface area contributed by atoms with Crippen LogP contribution in [0.3, 0.4) is 0 Å². The summed E-state index contributed by atoms with van der Waals surface area (Å²) in [4.78, 5) is 19.7. The van der Waals surface area contributed by atoms with Crippen LogP contribution in [0, 0.1) is 0 Å². The number of pyridine rings is 1. The fourth-order valence-electron chi connectivity index (χ4n) is 1.56. The van der Waals surface area contributed by atoms with E-state index in [0.717, 1.165) is 24.2 Å². The van der Waals surface area contributed by atoms with Crippen LogP contribution in [0.2, 0.25) is 0 Å². The van der Waals surface area contributed by atoms with Crippen LogP contribution in [0.4, 0.5) is 5.82 Å². The Kier molecular flexibility index (Phi) is 2.85. The van der Waals surface area contributed by atoms with E-state index in [-0.39, 0.29) is 5.56 Å². The molecule has 0 saturated carbocycles. The maximum Gasteiger partial charge on any atom is 0.251 e. The Balaban J connectivity index is 2.60. The average Bonchev–Trinajstić information content (AvgIpc) is 2.31. The molecule has 5 nitrogen and oxygen atoms in total. The largest absolute Gasteiger partial charge is 0.369 e. The molecule has 2 heterocycles. The molecule has 2 rings (SSSR count). The van der Waals surface area contributed by atoms with Crippen molar-refractivity contribution in [2.24, 2.45) is 7.05 Å². The van der Waals surface area contributed by atoms with E-state index in [0.29, 0.717) is 5.65 Å². The van der Waals surface area contributed by atoms with Gasteiger partial charge in [0.05, 0.1) is 5.39 Å². The first-order valence-electron chi connectivity index (χ1n) is 5.28. The van der Waals surface area contributed by atoms with Gasteiger partial charge in [-0.2, -0.15) is 0 Å². The molecular weight excluding hydrogens is 204 g/mol. The second-order valence-electron chi connectivity index (χ2n) is 3.62. The second-order valence-corrected chi connectivity index (χ2v) is 3.62. The average molecular weight is 218 g/mol. The van der Waals surface area contributed by atoms with Crippen LogP contribution in [-0.4, -0.2) is 21.1 Å². The summed E-state index contributed by atoms with van der Waals surface area (Å²) >= 11 is 0. The lowest BCUT2D eigenvalue weighted by atomic mass is 10.3. The van der Waals surface area contributed by atoms with E-state index in [1.165, 1.54) is 17.0 Å². The highest BCUT2D eigenvalue weighted by Crippen LogP contribution is 2.16.